The number of hydrogen-bond donors (Lipinski definition) is 0. The summed E-state index contributed by atoms with van der Waals surface area (Å²) in [5.74, 6) is 0.930. The molecule has 4 bridgehead atoms. The third-order valence-corrected chi connectivity index (χ3v) is 6.30. The third-order valence-electron chi connectivity index (χ3n) is 6.30. The molecule has 0 aromatic heterocycles. The van der Waals surface area contributed by atoms with E-state index in [9.17, 15) is 13.6 Å². The van der Waals surface area contributed by atoms with E-state index in [0.717, 1.165) is 12.8 Å². The molecule has 2 nitrogen and oxygen atoms in total. The van der Waals surface area contributed by atoms with Crippen LogP contribution < -0.4 is 0 Å². The summed E-state index contributed by atoms with van der Waals surface area (Å²) in [6, 6.07) is 10.4. The molecule has 0 spiro atoms. The van der Waals surface area contributed by atoms with Crippen molar-refractivity contribution in [3.8, 4) is 0 Å². The summed E-state index contributed by atoms with van der Waals surface area (Å²) in [5.41, 5.74) is 1.14. The number of hydrogen-bond acceptors (Lipinski definition) is 2. The maximum absolute atomic E-state index is 12.5. The summed E-state index contributed by atoms with van der Waals surface area (Å²) < 4.78 is 30.1. The highest BCUT2D eigenvalue weighted by Gasteiger charge is 2.57. The molecular weight excluding hydrogens is 298 g/mol. The van der Waals surface area contributed by atoms with Crippen molar-refractivity contribution in [2.45, 2.75) is 44.4 Å². The van der Waals surface area contributed by atoms with E-state index in [4.69, 9.17) is 4.74 Å². The number of alkyl halides is 2. The van der Waals surface area contributed by atoms with Crippen molar-refractivity contribution in [2.24, 2.45) is 23.2 Å². The van der Waals surface area contributed by atoms with Crippen LogP contribution >= 0.6 is 0 Å². The van der Waals surface area contributed by atoms with Crippen molar-refractivity contribution in [3.63, 3.8) is 0 Å². The zero-order valence-electron chi connectivity index (χ0n) is 13.1. The molecule has 4 aliphatic carbocycles. The van der Waals surface area contributed by atoms with E-state index >= 15 is 0 Å². The van der Waals surface area contributed by atoms with Gasteiger partial charge in [-0.05, 0) is 61.3 Å². The summed E-state index contributed by atoms with van der Waals surface area (Å²) in [4.78, 5) is 11.3. The van der Waals surface area contributed by atoms with Crippen LogP contribution in [-0.2, 0) is 9.53 Å². The van der Waals surface area contributed by atoms with E-state index in [1.165, 1.54) is 24.8 Å². The molecular formula is C19H22F2O2. The van der Waals surface area contributed by atoms with Crippen molar-refractivity contribution in [1.82, 2.24) is 0 Å². The normalized spacial score (nSPS) is 38.0. The van der Waals surface area contributed by atoms with Crippen molar-refractivity contribution in [2.75, 3.05) is 6.61 Å². The van der Waals surface area contributed by atoms with Gasteiger partial charge in [-0.25, -0.2) is 4.79 Å². The van der Waals surface area contributed by atoms with Gasteiger partial charge < -0.3 is 4.74 Å². The Morgan fingerprint density at radius 3 is 2.39 bits per heavy atom. The van der Waals surface area contributed by atoms with Crippen LogP contribution in [0.15, 0.2) is 30.3 Å². The molecule has 23 heavy (non-hydrogen) atoms. The van der Waals surface area contributed by atoms with Gasteiger partial charge in [0.05, 0.1) is 6.61 Å². The van der Waals surface area contributed by atoms with Gasteiger partial charge in [-0.1, -0.05) is 30.3 Å². The molecule has 124 valence electrons. The Hall–Kier alpha value is -1.45. The Morgan fingerprint density at radius 2 is 1.78 bits per heavy atom. The Bertz CT molecular complexity index is 572. The van der Waals surface area contributed by atoms with Crippen LogP contribution in [0.25, 0.3) is 0 Å². The molecule has 0 aliphatic heterocycles. The summed E-state index contributed by atoms with van der Waals surface area (Å²) in [6.45, 7) is 0.152. The molecule has 5 rings (SSSR count). The smallest absolute Gasteiger partial charge is 0.373 e. The minimum Gasteiger partial charge on any atom is -0.461 e. The summed E-state index contributed by atoms with van der Waals surface area (Å²) in [7, 11) is 0. The lowest BCUT2D eigenvalue weighted by Gasteiger charge is -2.61. The molecule has 0 radical (unpaired) electrons. The summed E-state index contributed by atoms with van der Waals surface area (Å²) >= 11 is 0. The van der Waals surface area contributed by atoms with Crippen LogP contribution in [-0.4, -0.2) is 19.0 Å². The largest absolute Gasteiger partial charge is 0.461 e. The highest BCUT2D eigenvalue weighted by Crippen LogP contribution is 2.66. The van der Waals surface area contributed by atoms with Crippen molar-refractivity contribution >= 4 is 5.97 Å². The predicted octanol–water partition coefficient (Wildman–Crippen LogP) is 4.40. The number of halogens is 2. The molecule has 0 saturated heterocycles. The van der Waals surface area contributed by atoms with Crippen LogP contribution in [0.4, 0.5) is 8.78 Å². The van der Waals surface area contributed by atoms with E-state index in [1.54, 1.807) is 0 Å². The van der Waals surface area contributed by atoms with E-state index in [0.29, 0.717) is 23.7 Å². The second-order valence-electron chi connectivity index (χ2n) is 7.77. The molecule has 4 fully saturated rings. The fourth-order valence-corrected chi connectivity index (χ4v) is 5.98. The number of esters is 1. The quantitative estimate of drug-likeness (QED) is 0.768. The van der Waals surface area contributed by atoms with Crippen molar-refractivity contribution in [3.05, 3.63) is 35.9 Å². The van der Waals surface area contributed by atoms with Crippen molar-refractivity contribution in [1.29, 1.82) is 0 Å². The van der Waals surface area contributed by atoms with Crippen LogP contribution in [0, 0.1) is 23.2 Å². The Balaban J connectivity index is 1.64. The van der Waals surface area contributed by atoms with Gasteiger partial charge in [-0.15, -0.1) is 0 Å². The monoisotopic (exact) mass is 320 g/mol. The highest BCUT2D eigenvalue weighted by molar-refractivity contribution is 5.72. The van der Waals surface area contributed by atoms with Gasteiger partial charge >= 0.3 is 12.4 Å². The average Bonchev–Trinajstić information content (AvgIpc) is 2.52. The van der Waals surface area contributed by atoms with Gasteiger partial charge in [0.25, 0.3) is 0 Å². The zero-order chi connectivity index (χ0) is 16.0. The fraction of sp³-hybridized carbons (Fsp3) is 0.632. The maximum Gasteiger partial charge on any atom is 0.373 e. The number of carbonyl (C=O) groups excluding carboxylic acids is 1. The minimum atomic E-state index is -3.03. The van der Waals surface area contributed by atoms with E-state index < -0.39 is 12.4 Å². The standard InChI is InChI=1S/C19H22F2O2/c20-17(21)18(22)23-11-19-9-12-6-13(10-19)8-15(7-12)16(19)14-4-2-1-3-5-14/h1-5,12-13,15-17H,6-11H2. The lowest BCUT2D eigenvalue weighted by atomic mass is 9.44. The van der Waals surface area contributed by atoms with Crippen LogP contribution in [0.1, 0.15) is 43.6 Å². The van der Waals surface area contributed by atoms with Gasteiger partial charge in [0.1, 0.15) is 0 Å². The number of benzene rings is 1. The average molecular weight is 320 g/mol. The first-order chi connectivity index (χ1) is 11.1. The maximum atomic E-state index is 12.5. The first-order valence-corrected chi connectivity index (χ1v) is 8.57. The van der Waals surface area contributed by atoms with Crippen LogP contribution in [0.3, 0.4) is 0 Å². The Morgan fingerprint density at radius 1 is 1.13 bits per heavy atom. The number of carbonyl (C=O) groups is 1. The molecule has 4 saturated carbocycles. The molecule has 0 heterocycles. The molecule has 3 atom stereocenters. The van der Waals surface area contributed by atoms with E-state index in [2.05, 4.69) is 12.1 Å². The molecule has 4 aliphatic rings. The number of rotatable bonds is 4. The Labute approximate surface area is 135 Å². The Kier molecular flexibility index (Phi) is 3.66. The molecule has 0 N–H and O–H groups in total. The predicted molar refractivity (Wildman–Crippen MR) is 82.1 cm³/mol. The third kappa shape index (κ3) is 2.56. The fourth-order valence-electron chi connectivity index (χ4n) is 5.98. The second kappa shape index (κ2) is 5.57. The molecule has 1 aromatic carbocycles. The highest BCUT2D eigenvalue weighted by atomic mass is 19.3. The van der Waals surface area contributed by atoms with Crippen molar-refractivity contribution < 1.29 is 18.3 Å². The summed E-state index contributed by atoms with van der Waals surface area (Å²) in [6.07, 6.45) is 2.73. The lowest BCUT2D eigenvalue weighted by molar-refractivity contribution is -0.170. The minimum absolute atomic E-state index is 0.138. The lowest BCUT2D eigenvalue weighted by Crippen LogP contribution is -2.53. The zero-order valence-corrected chi connectivity index (χ0v) is 13.1. The first kappa shape index (κ1) is 15.1. The topological polar surface area (TPSA) is 26.3 Å². The van der Waals surface area contributed by atoms with Gasteiger partial charge in [0, 0.05) is 5.41 Å². The van der Waals surface area contributed by atoms with E-state index in [1.807, 2.05) is 18.2 Å². The van der Waals surface area contributed by atoms with Crippen LogP contribution in [0.2, 0.25) is 0 Å². The van der Waals surface area contributed by atoms with Gasteiger partial charge in [-0.2, -0.15) is 8.78 Å². The first-order valence-electron chi connectivity index (χ1n) is 8.57. The van der Waals surface area contributed by atoms with Crippen LogP contribution in [0.5, 0.6) is 0 Å². The SMILES string of the molecule is O=C(OCC12CC3CC(CC(C3)C1c1ccccc1)C2)C(F)F. The molecule has 3 unspecified atom stereocenters. The molecule has 0 amide bonds. The summed E-state index contributed by atoms with van der Waals surface area (Å²) in [5, 5.41) is 0. The van der Waals surface area contributed by atoms with E-state index in [-0.39, 0.29) is 12.0 Å². The molecule has 1 aromatic rings. The second-order valence-corrected chi connectivity index (χ2v) is 7.77. The van der Waals surface area contributed by atoms with Gasteiger partial charge in [-0.3, -0.25) is 0 Å². The van der Waals surface area contributed by atoms with Gasteiger partial charge in [0.15, 0.2) is 0 Å². The van der Waals surface area contributed by atoms with Gasteiger partial charge in [0.2, 0.25) is 0 Å². The molecule has 4 heteroatoms. The number of ether oxygens (including phenoxy) is 1.